The van der Waals surface area contributed by atoms with Gasteiger partial charge in [-0.15, -0.1) is 0 Å². The molecule has 0 aromatic rings. The fourth-order valence-electron chi connectivity index (χ4n) is 0.830. The predicted molar refractivity (Wildman–Crippen MR) is 56.4 cm³/mol. The number of halogens is 1. The van der Waals surface area contributed by atoms with Gasteiger partial charge in [0.2, 0.25) is 0 Å². The van der Waals surface area contributed by atoms with E-state index in [-0.39, 0.29) is 0 Å². The summed E-state index contributed by atoms with van der Waals surface area (Å²) < 4.78 is 2.04. The third kappa shape index (κ3) is 6.33. The molecule has 10 heavy (non-hydrogen) atoms. The normalized spacial score (nSPS) is 14.7. The van der Waals surface area contributed by atoms with Crippen molar-refractivity contribution in [3.8, 4) is 0 Å². The second-order valence-electron chi connectivity index (χ2n) is 3.55. The molecule has 0 atom stereocenters. The Morgan fingerprint density at radius 1 is 1.30 bits per heavy atom. The van der Waals surface area contributed by atoms with E-state index < -0.39 is 0 Å². The first-order valence-electron chi connectivity index (χ1n) is 3.42. The molecule has 0 aliphatic rings. The summed E-state index contributed by atoms with van der Waals surface area (Å²) in [5, 5.41) is 0. The van der Waals surface area contributed by atoms with Crippen molar-refractivity contribution < 1.29 is 0 Å². The zero-order valence-corrected chi connectivity index (χ0v) is 9.27. The van der Waals surface area contributed by atoms with Crippen molar-refractivity contribution in [3.05, 3.63) is 21.8 Å². The van der Waals surface area contributed by atoms with Crippen LogP contribution in [0.5, 0.6) is 0 Å². The predicted octanol–water partition coefficient (Wildman–Crippen LogP) is 3.93. The van der Waals surface area contributed by atoms with Crippen LogP contribution in [-0.2, 0) is 0 Å². The average Bonchev–Trinajstić information content (AvgIpc) is 1.59. The maximum absolute atomic E-state index is 2.27. The van der Waals surface area contributed by atoms with Crippen LogP contribution in [0, 0.1) is 5.41 Å². The number of hydrogen-bond acceptors (Lipinski definition) is 0. The van der Waals surface area contributed by atoms with E-state index in [1.165, 1.54) is 5.57 Å². The van der Waals surface area contributed by atoms with E-state index in [0.717, 1.165) is 0 Å². The van der Waals surface area contributed by atoms with Crippen LogP contribution in [0.2, 0.25) is 0 Å². The molecule has 0 saturated heterocycles. The highest BCUT2D eigenvalue weighted by Crippen LogP contribution is 2.17. The van der Waals surface area contributed by atoms with Gasteiger partial charge in [-0.2, -0.15) is 0 Å². The molecule has 0 aliphatic heterocycles. The molecule has 1 heteroatoms. The van der Waals surface area contributed by atoms with Gasteiger partial charge in [0.15, 0.2) is 0 Å². The van der Waals surface area contributed by atoms with Gasteiger partial charge in [-0.3, -0.25) is 0 Å². The standard InChI is InChI=1S/C9H15I/c1-8(5-6-10)7-9(2,3)4/h5-7H,1-4H3/b6-5+,8-7+. The third-order valence-corrected chi connectivity index (χ3v) is 1.35. The van der Waals surface area contributed by atoms with E-state index >= 15 is 0 Å². The van der Waals surface area contributed by atoms with Gasteiger partial charge in [-0.1, -0.05) is 61.1 Å². The highest BCUT2D eigenvalue weighted by molar-refractivity contribution is 14.1. The highest BCUT2D eigenvalue weighted by atomic mass is 127. The van der Waals surface area contributed by atoms with Crippen LogP contribution in [0.25, 0.3) is 0 Å². The average molecular weight is 250 g/mol. The second-order valence-corrected chi connectivity index (χ2v) is 4.27. The van der Waals surface area contributed by atoms with Crippen molar-refractivity contribution in [2.75, 3.05) is 0 Å². The van der Waals surface area contributed by atoms with E-state index in [0.29, 0.717) is 5.41 Å². The molecule has 0 rings (SSSR count). The molecule has 0 nitrogen and oxygen atoms in total. The van der Waals surface area contributed by atoms with Gasteiger partial charge in [-0.05, 0) is 16.4 Å². The zero-order valence-electron chi connectivity index (χ0n) is 7.11. The number of hydrogen-bond donors (Lipinski definition) is 0. The van der Waals surface area contributed by atoms with E-state index in [1.54, 1.807) is 0 Å². The van der Waals surface area contributed by atoms with Crippen LogP contribution in [0.3, 0.4) is 0 Å². The topological polar surface area (TPSA) is 0 Å². The molecule has 0 aromatic heterocycles. The molecule has 0 bridgehead atoms. The molecule has 0 radical (unpaired) electrons. The molecule has 0 spiro atoms. The van der Waals surface area contributed by atoms with Crippen molar-refractivity contribution >= 4 is 22.6 Å². The summed E-state index contributed by atoms with van der Waals surface area (Å²) in [7, 11) is 0. The minimum atomic E-state index is 0.306. The molecule has 0 amide bonds. The van der Waals surface area contributed by atoms with Crippen LogP contribution >= 0.6 is 22.6 Å². The van der Waals surface area contributed by atoms with Gasteiger partial charge >= 0.3 is 0 Å². The first-order chi connectivity index (χ1) is 4.45. The molecular weight excluding hydrogens is 235 g/mol. The van der Waals surface area contributed by atoms with Crippen LogP contribution in [0.4, 0.5) is 0 Å². The van der Waals surface area contributed by atoms with E-state index in [1.807, 2.05) is 4.08 Å². The van der Waals surface area contributed by atoms with Crippen molar-refractivity contribution in [1.82, 2.24) is 0 Å². The fraction of sp³-hybridized carbons (Fsp3) is 0.556. The van der Waals surface area contributed by atoms with E-state index in [2.05, 4.69) is 62.4 Å². The highest BCUT2D eigenvalue weighted by Gasteiger charge is 2.04. The molecule has 0 fully saturated rings. The molecule has 58 valence electrons. The second kappa shape index (κ2) is 4.16. The van der Waals surface area contributed by atoms with Crippen molar-refractivity contribution in [2.24, 2.45) is 5.41 Å². The monoisotopic (exact) mass is 250 g/mol. The number of allylic oxidation sites excluding steroid dienone is 3. The molecule has 0 unspecified atom stereocenters. The summed E-state index contributed by atoms with van der Waals surface area (Å²) in [4.78, 5) is 0. The van der Waals surface area contributed by atoms with Crippen LogP contribution in [0.15, 0.2) is 21.8 Å². The van der Waals surface area contributed by atoms with Gasteiger partial charge in [0, 0.05) is 0 Å². The zero-order chi connectivity index (χ0) is 8.20. The van der Waals surface area contributed by atoms with Gasteiger partial charge < -0.3 is 0 Å². The van der Waals surface area contributed by atoms with Crippen LogP contribution < -0.4 is 0 Å². The Labute approximate surface area is 77.5 Å². The van der Waals surface area contributed by atoms with Gasteiger partial charge in [-0.25, -0.2) is 0 Å². The van der Waals surface area contributed by atoms with E-state index in [4.69, 9.17) is 0 Å². The Morgan fingerprint density at radius 2 is 1.80 bits per heavy atom. The van der Waals surface area contributed by atoms with Crippen LogP contribution in [-0.4, -0.2) is 0 Å². The lowest BCUT2D eigenvalue weighted by molar-refractivity contribution is 0.541. The fourth-order valence-corrected chi connectivity index (χ4v) is 1.40. The maximum Gasteiger partial charge on any atom is -0.0197 e. The smallest absolute Gasteiger partial charge is 0.0197 e. The van der Waals surface area contributed by atoms with Gasteiger partial charge in [0.05, 0.1) is 0 Å². The summed E-state index contributed by atoms with van der Waals surface area (Å²) >= 11 is 2.23. The summed E-state index contributed by atoms with van der Waals surface area (Å²) in [6.07, 6.45) is 4.38. The Morgan fingerprint density at radius 3 is 2.10 bits per heavy atom. The largest absolute Gasteiger partial charge is 0.0762 e. The SMILES string of the molecule is CC(/C=C/I)=C\C(C)(C)C. The lowest BCUT2D eigenvalue weighted by atomic mass is 9.94. The third-order valence-electron chi connectivity index (χ3n) is 0.987. The Bertz CT molecular complexity index is 147. The molecule has 0 aliphatic carbocycles. The Hall–Kier alpha value is 0.210. The summed E-state index contributed by atoms with van der Waals surface area (Å²) in [5.74, 6) is 0. The van der Waals surface area contributed by atoms with Crippen molar-refractivity contribution in [1.29, 1.82) is 0 Å². The first kappa shape index (κ1) is 10.2. The van der Waals surface area contributed by atoms with Crippen molar-refractivity contribution in [2.45, 2.75) is 27.7 Å². The lowest BCUT2D eigenvalue weighted by Gasteiger charge is -2.12. The van der Waals surface area contributed by atoms with Crippen molar-refractivity contribution in [3.63, 3.8) is 0 Å². The first-order valence-corrected chi connectivity index (χ1v) is 4.66. The molecule has 0 N–H and O–H groups in total. The molecule has 0 saturated carbocycles. The summed E-state index contributed by atoms with van der Waals surface area (Å²) in [6, 6.07) is 0. The van der Waals surface area contributed by atoms with Crippen LogP contribution in [0.1, 0.15) is 27.7 Å². The molecular formula is C9H15I. The Kier molecular flexibility index (Phi) is 4.25. The van der Waals surface area contributed by atoms with Gasteiger partial charge in [0.25, 0.3) is 0 Å². The number of rotatable bonds is 1. The summed E-state index contributed by atoms with van der Waals surface area (Å²) in [6.45, 7) is 8.74. The quantitative estimate of drug-likeness (QED) is 0.488. The maximum atomic E-state index is 2.27. The lowest BCUT2D eigenvalue weighted by Crippen LogP contribution is -1.99. The molecule has 0 aromatic carbocycles. The molecule has 0 heterocycles. The summed E-state index contributed by atoms with van der Waals surface area (Å²) in [5.41, 5.74) is 1.64. The van der Waals surface area contributed by atoms with E-state index in [9.17, 15) is 0 Å². The minimum absolute atomic E-state index is 0.306. The van der Waals surface area contributed by atoms with Gasteiger partial charge in [0.1, 0.15) is 0 Å². The Balaban J connectivity index is 4.17. The minimum Gasteiger partial charge on any atom is -0.0762 e.